The second kappa shape index (κ2) is 12.8. The van der Waals surface area contributed by atoms with Gasteiger partial charge in [0.1, 0.15) is 40.9 Å². The smallest absolute Gasteiger partial charge is 0.172 e. The maximum absolute atomic E-state index is 9.80. The highest BCUT2D eigenvalue weighted by Gasteiger charge is 2.39. The molecule has 0 aromatic rings. The van der Waals surface area contributed by atoms with E-state index in [4.69, 9.17) is 14.2 Å². The van der Waals surface area contributed by atoms with Crippen molar-refractivity contribution in [3.05, 3.63) is 57.8 Å². The monoisotopic (exact) mass is 476 g/mol. The van der Waals surface area contributed by atoms with E-state index in [-0.39, 0.29) is 22.9 Å². The standard InChI is InChI=1S/C28H36N4O3/c1-7-9-13-32(14-10-8-2)21-15-25(33-5)22(26(16-21)34-6)11-12-24-23(19-31)27(20(17-29)18-30)35-28(24,3)4/h11-12,15,21H,7-10,13-14,16H2,1-6H3/b12-11+. The zero-order chi connectivity index (χ0) is 26.0. The van der Waals surface area contributed by atoms with Crippen molar-refractivity contribution in [2.24, 2.45) is 0 Å². The van der Waals surface area contributed by atoms with Gasteiger partial charge in [0.2, 0.25) is 0 Å². The Morgan fingerprint density at radius 2 is 1.71 bits per heavy atom. The third kappa shape index (κ3) is 6.36. The molecule has 186 valence electrons. The normalized spacial score (nSPS) is 19.3. The van der Waals surface area contributed by atoms with Crippen LogP contribution in [0.2, 0.25) is 0 Å². The minimum Gasteiger partial charge on any atom is -0.500 e. The van der Waals surface area contributed by atoms with E-state index in [1.807, 2.05) is 18.2 Å². The molecular weight excluding hydrogens is 440 g/mol. The van der Waals surface area contributed by atoms with Gasteiger partial charge < -0.3 is 14.2 Å². The number of hydrogen-bond donors (Lipinski definition) is 0. The number of hydrogen-bond acceptors (Lipinski definition) is 7. The van der Waals surface area contributed by atoms with Gasteiger partial charge in [0.05, 0.1) is 19.8 Å². The minimum atomic E-state index is -0.880. The molecule has 1 aliphatic carbocycles. The summed E-state index contributed by atoms with van der Waals surface area (Å²) in [6.07, 6.45) is 11.1. The Hall–Kier alpha value is -3.47. The summed E-state index contributed by atoms with van der Waals surface area (Å²) in [6, 6.07) is 5.93. The first-order valence-corrected chi connectivity index (χ1v) is 12.2. The van der Waals surface area contributed by atoms with Crippen molar-refractivity contribution >= 4 is 0 Å². The third-order valence-electron chi connectivity index (χ3n) is 6.32. The number of unbranched alkanes of at least 4 members (excludes halogenated alkanes) is 2. The van der Waals surface area contributed by atoms with Crippen molar-refractivity contribution in [1.82, 2.24) is 4.90 Å². The lowest BCUT2D eigenvalue weighted by atomic mass is 9.92. The molecule has 1 aliphatic heterocycles. The van der Waals surface area contributed by atoms with Crippen LogP contribution in [-0.4, -0.2) is 43.9 Å². The van der Waals surface area contributed by atoms with E-state index in [0.717, 1.165) is 56.5 Å². The molecule has 0 N–H and O–H groups in total. The van der Waals surface area contributed by atoms with Gasteiger partial charge in [0, 0.05) is 18.0 Å². The van der Waals surface area contributed by atoms with Crippen LogP contribution in [-0.2, 0) is 14.2 Å². The largest absolute Gasteiger partial charge is 0.500 e. The Morgan fingerprint density at radius 3 is 2.20 bits per heavy atom. The molecule has 7 nitrogen and oxygen atoms in total. The average Bonchev–Trinajstić information content (AvgIpc) is 3.12. The maximum Gasteiger partial charge on any atom is 0.172 e. The molecule has 1 atom stereocenters. The van der Waals surface area contributed by atoms with Crippen molar-refractivity contribution in [3.63, 3.8) is 0 Å². The number of nitrogens with zero attached hydrogens (tertiary/aromatic N) is 4. The zero-order valence-electron chi connectivity index (χ0n) is 21.8. The van der Waals surface area contributed by atoms with Crippen LogP contribution in [0.1, 0.15) is 59.8 Å². The Kier molecular flexibility index (Phi) is 10.2. The molecule has 1 heterocycles. The van der Waals surface area contributed by atoms with Gasteiger partial charge in [-0.1, -0.05) is 32.8 Å². The number of nitriles is 3. The summed E-state index contributed by atoms with van der Waals surface area (Å²) >= 11 is 0. The van der Waals surface area contributed by atoms with Crippen molar-refractivity contribution in [3.8, 4) is 18.2 Å². The molecular formula is C28H36N4O3. The van der Waals surface area contributed by atoms with Crippen LogP contribution in [0.25, 0.3) is 0 Å². The molecule has 0 fully saturated rings. The van der Waals surface area contributed by atoms with Crippen LogP contribution in [0.15, 0.2) is 57.8 Å². The number of allylic oxidation sites excluding steroid dienone is 3. The topological polar surface area (TPSA) is 102 Å². The summed E-state index contributed by atoms with van der Waals surface area (Å²) in [5.41, 5.74) is 0.481. The molecule has 35 heavy (non-hydrogen) atoms. The molecule has 0 amide bonds. The van der Waals surface area contributed by atoms with E-state index >= 15 is 0 Å². The van der Waals surface area contributed by atoms with E-state index in [9.17, 15) is 15.8 Å². The summed E-state index contributed by atoms with van der Waals surface area (Å²) in [5.74, 6) is 1.55. The molecule has 2 aliphatic rings. The Balaban J connectivity index is 2.49. The zero-order valence-corrected chi connectivity index (χ0v) is 21.8. The predicted octanol–water partition coefficient (Wildman–Crippen LogP) is 5.58. The fourth-order valence-electron chi connectivity index (χ4n) is 4.36. The lowest BCUT2D eigenvalue weighted by molar-refractivity contribution is 0.0953. The maximum atomic E-state index is 9.80. The van der Waals surface area contributed by atoms with Crippen LogP contribution in [0.4, 0.5) is 0 Å². The molecule has 0 radical (unpaired) electrons. The fraction of sp³-hybridized carbons (Fsp3) is 0.536. The van der Waals surface area contributed by atoms with Crippen LogP contribution >= 0.6 is 0 Å². The summed E-state index contributed by atoms with van der Waals surface area (Å²) in [6.45, 7) is 10.1. The number of rotatable bonds is 11. The van der Waals surface area contributed by atoms with Gasteiger partial charge in [-0.3, -0.25) is 4.90 Å². The van der Waals surface area contributed by atoms with E-state index in [1.54, 1.807) is 34.1 Å². The third-order valence-corrected chi connectivity index (χ3v) is 6.32. The van der Waals surface area contributed by atoms with E-state index in [0.29, 0.717) is 11.3 Å². The molecule has 2 rings (SSSR count). The van der Waals surface area contributed by atoms with Gasteiger partial charge in [0.15, 0.2) is 11.3 Å². The van der Waals surface area contributed by atoms with E-state index in [2.05, 4.69) is 30.9 Å². The average molecular weight is 477 g/mol. The first-order chi connectivity index (χ1) is 16.8. The molecule has 0 saturated heterocycles. The van der Waals surface area contributed by atoms with Gasteiger partial charge >= 0.3 is 0 Å². The summed E-state index contributed by atoms with van der Waals surface area (Å²) in [7, 11) is 3.31. The molecule has 0 spiro atoms. The van der Waals surface area contributed by atoms with E-state index < -0.39 is 5.60 Å². The quantitative estimate of drug-likeness (QED) is 0.359. The number of ether oxygens (including phenoxy) is 3. The van der Waals surface area contributed by atoms with Gasteiger partial charge in [0.25, 0.3) is 0 Å². The predicted molar refractivity (Wildman–Crippen MR) is 134 cm³/mol. The fourth-order valence-corrected chi connectivity index (χ4v) is 4.36. The van der Waals surface area contributed by atoms with Crippen molar-refractivity contribution in [1.29, 1.82) is 15.8 Å². The molecule has 7 heteroatoms. The lowest BCUT2D eigenvalue weighted by Gasteiger charge is -2.33. The van der Waals surface area contributed by atoms with E-state index in [1.165, 1.54) is 0 Å². The highest BCUT2D eigenvalue weighted by atomic mass is 16.5. The SMILES string of the molecule is CCCCN(CCCC)C1C=C(OC)C(/C=C/C2=C(C#N)C(=C(C#N)C#N)OC2(C)C)=C(OC)C1. The Bertz CT molecular complexity index is 1050. The minimum absolute atomic E-state index is 0.0248. The molecule has 0 saturated carbocycles. The molecule has 1 unspecified atom stereocenters. The molecule has 0 aromatic heterocycles. The van der Waals surface area contributed by atoms with Crippen LogP contribution < -0.4 is 0 Å². The van der Waals surface area contributed by atoms with Crippen molar-refractivity contribution in [2.75, 3.05) is 27.3 Å². The van der Waals surface area contributed by atoms with Gasteiger partial charge in [-0.25, -0.2) is 0 Å². The first kappa shape index (κ1) is 27.8. The second-order valence-corrected chi connectivity index (χ2v) is 9.06. The number of methoxy groups -OCH3 is 2. The summed E-state index contributed by atoms with van der Waals surface area (Å²) in [5, 5.41) is 28.4. The Morgan fingerprint density at radius 1 is 1.09 bits per heavy atom. The van der Waals surface area contributed by atoms with Gasteiger partial charge in [-0.2, -0.15) is 15.8 Å². The van der Waals surface area contributed by atoms with Gasteiger partial charge in [-0.05, 0) is 51.9 Å². The van der Waals surface area contributed by atoms with Gasteiger partial charge in [-0.15, -0.1) is 0 Å². The molecule has 0 aromatic carbocycles. The molecule has 0 bridgehead atoms. The summed E-state index contributed by atoms with van der Waals surface area (Å²) in [4.78, 5) is 2.50. The van der Waals surface area contributed by atoms with Crippen molar-refractivity contribution in [2.45, 2.75) is 71.4 Å². The van der Waals surface area contributed by atoms with Crippen LogP contribution in [0, 0.1) is 34.0 Å². The summed E-state index contributed by atoms with van der Waals surface area (Å²) < 4.78 is 17.5. The second-order valence-electron chi connectivity index (χ2n) is 9.06. The van der Waals surface area contributed by atoms with Crippen LogP contribution in [0.5, 0.6) is 0 Å². The Labute approximate surface area is 209 Å². The lowest BCUT2D eigenvalue weighted by Crippen LogP contribution is -2.38. The van der Waals surface area contributed by atoms with Crippen LogP contribution in [0.3, 0.4) is 0 Å². The van der Waals surface area contributed by atoms with Crippen molar-refractivity contribution < 1.29 is 14.2 Å². The first-order valence-electron chi connectivity index (χ1n) is 12.2. The highest BCUT2D eigenvalue weighted by Crippen LogP contribution is 2.41. The highest BCUT2D eigenvalue weighted by molar-refractivity contribution is 5.61.